The van der Waals surface area contributed by atoms with E-state index in [2.05, 4.69) is 15.9 Å². The zero-order valence-corrected chi connectivity index (χ0v) is 11.3. The van der Waals surface area contributed by atoms with Gasteiger partial charge in [0, 0.05) is 4.48 Å². The van der Waals surface area contributed by atoms with Crippen molar-refractivity contribution in [1.82, 2.24) is 0 Å². The monoisotopic (exact) mass is 308 g/mol. The zero-order valence-electron chi connectivity index (χ0n) is 9.75. The highest BCUT2D eigenvalue weighted by Crippen LogP contribution is 2.29. The molecule has 2 rings (SSSR count). The van der Waals surface area contributed by atoms with Crippen molar-refractivity contribution >= 4 is 21.5 Å². The summed E-state index contributed by atoms with van der Waals surface area (Å²) in [6.07, 6.45) is 0. The van der Waals surface area contributed by atoms with E-state index in [9.17, 15) is 8.78 Å². The Kier molecular flexibility index (Phi) is 3.92. The van der Waals surface area contributed by atoms with Crippen LogP contribution in [0.3, 0.4) is 0 Å². The third-order valence-electron chi connectivity index (χ3n) is 2.61. The highest BCUT2D eigenvalue weighted by Gasteiger charge is 2.08. The second-order valence-corrected chi connectivity index (χ2v) is 5.11. The minimum Gasteiger partial charge on any atom is -0.207 e. The molecule has 0 unspecified atom stereocenters. The zero-order chi connectivity index (χ0) is 13.1. The average molecular weight is 309 g/mol. The first-order valence-electron chi connectivity index (χ1n) is 5.46. The minimum atomic E-state index is -0.274. The molecule has 2 aromatic carbocycles. The first-order chi connectivity index (χ1) is 8.58. The van der Waals surface area contributed by atoms with Gasteiger partial charge in [0.25, 0.3) is 0 Å². The van der Waals surface area contributed by atoms with E-state index in [1.165, 1.54) is 24.3 Å². The Bertz CT molecular complexity index is 517. The molecule has 0 fully saturated rings. The van der Waals surface area contributed by atoms with Crippen molar-refractivity contribution in [2.24, 2.45) is 0 Å². The van der Waals surface area contributed by atoms with Crippen LogP contribution in [0.5, 0.6) is 0 Å². The van der Waals surface area contributed by atoms with E-state index in [1.807, 2.05) is 6.92 Å². The van der Waals surface area contributed by atoms with Gasteiger partial charge >= 0.3 is 0 Å². The van der Waals surface area contributed by atoms with Crippen LogP contribution in [-0.4, -0.2) is 0 Å². The van der Waals surface area contributed by atoms with Crippen LogP contribution in [0.15, 0.2) is 53.0 Å². The second-order valence-electron chi connectivity index (χ2n) is 3.92. The fourth-order valence-electron chi connectivity index (χ4n) is 1.80. The van der Waals surface area contributed by atoms with Crippen LogP contribution in [0.1, 0.15) is 18.1 Å². The summed E-state index contributed by atoms with van der Waals surface area (Å²) in [4.78, 5) is 0. The normalized spacial score (nSPS) is 10.2. The Labute approximate surface area is 113 Å². The van der Waals surface area contributed by atoms with Gasteiger partial charge in [0.15, 0.2) is 0 Å². The maximum absolute atomic E-state index is 12.9. The van der Waals surface area contributed by atoms with Crippen molar-refractivity contribution in [1.29, 1.82) is 0 Å². The van der Waals surface area contributed by atoms with Crippen molar-refractivity contribution in [3.8, 4) is 0 Å². The van der Waals surface area contributed by atoms with Crippen molar-refractivity contribution < 1.29 is 8.78 Å². The molecule has 2 aromatic rings. The van der Waals surface area contributed by atoms with Gasteiger partial charge in [-0.05, 0) is 47.9 Å². The number of hydrogen-bond acceptors (Lipinski definition) is 0. The molecule has 0 aliphatic rings. The van der Waals surface area contributed by atoms with Crippen LogP contribution in [0.25, 0.3) is 5.57 Å². The summed E-state index contributed by atoms with van der Waals surface area (Å²) >= 11 is 3.44. The van der Waals surface area contributed by atoms with Gasteiger partial charge in [0.2, 0.25) is 0 Å². The fourth-order valence-corrected chi connectivity index (χ4v) is 2.26. The van der Waals surface area contributed by atoms with Crippen LogP contribution < -0.4 is 0 Å². The van der Waals surface area contributed by atoms with E-state index < -0.39 is 0 Å². The lowest BCUT2D eigenvalue weighted by atomic mass is 9.98. The smallest absolute Gasteiger partial charge is 0.123 e. The Balaban J connectivity index is 2.51. The molecular formula is C15H11BrF2. The van der Waals surface area contributed by atoms with E-state index in [4.69, 9.17) is 0 Å². The van der Waals surface area contributed by atoms with Crippen LogP contribution >= 0.6 is 15.9 Å². The van der Waals surface area contributed by atoms with Gasteiger partial charge in [-0.15, -0.1) is 0 Å². The molecular weight excluding hydrogens is 298 g/mol. The number of allylic oxidation sites excluding steroid dienone is 1. The molecule has 18 heavy (non-hydrogen) atoms. The number of halogens is 3. The summed E-state index contributed by atoms with van der Waals surface area (Å²) in [5, 5.41) is 0. The molecule has 3 heteroatoms. The molecule has 0 aliphatic carbocycles. The van der Waals surface area contributed by atoms with Crippen molar-refractivity contribution in [3.63, 3.8) is 0 Å². The van der Waals surface area contributed by atoms with E-state index >= 15 is 0 Å². The Morgan fingerprint density at radius 3 is 1.39 bits per heavy atom. The van der Waals surface area contributed by atoms with Crippen molar-refractivity contribution in [2.45, 2.75) is 6.92 Å². The molecule has 0 aromatic heterocycles. The van der Waals surface area contributed by atoms with E-state index in [0.717, 1.165) is 21.2 Å². The Hall–Kier alpha value is -1.48. The van der Waals surface area contributed by atoms with Crippen molar-refractivity contribution in [3.05, 3.63) is 75.8 Å². The molecule has 92 valence electrons. The number of rotatable bonds is 2. The van der Waals surface area contributed by atoms with Gasteiger partial charge < -0.3 is 0 Å². The topological polar surface area (TPSA) is 0 Å². The maximum atomic E-state index is 12.9. The Morgan fingerprint density at radius 2 is 1.11 bits per heavy atom. The third-order valence-corrected chi connectivity index (χ3v) is 3.01. The predicted molar refractivity (Wildman–Crippen MR) is 73.4 cm³/mol. The van der Waals surface area contributed by atoms with Gasteiger partial charge in [-0.3, -0.25) is 0 Å². The summed E-state index contributed by atoms with van der Waals surface area (Å²) in [5.41, 5.74) is 2.70. The van der Waals surface area contributed by atoms with E-state index in [0.29, 0.717) is 0 Å². The molecule has 0 heterocycles. The number of benzene rings is 2. The minimum absolute atomic E-state index is 0.274. The lowest BCUT2D eigenvalue weighted by Crippen LogP contribution is -1.90. The number of hydrogen-bond donors (Lipinski definition) is 0. The Morgan fingerprint density at radius 1 is 0.778 bits per heavy atom. The summed E-state index contributed by atoms with van der Waals surface area (Å²) in [6, 6.07) is 12.5. The van der Waals surface area contributed by atoms with Crippen LogP contribution in [0.2, 0.25) is 0 Å². The second kappa shape index (κ2) is 5.44. The van der Waals surface area contributed by atoms with Crippen molar-refractivity contribution in [2.75, 3.05) is 0 Å². The van der Waals surface area contributed by atoms with Crippen LogP contribution in [0.4, 0.5) is 8.78 Å². The first-order valence-corrected chi connectivity index (χ1v) is 6.25. The van der Waals surface area contributed by atoms with Gasteiger partial charge in [-0.25, -0.2) is 8.78 Å². The molecule has 0 nitrogen and oxygen atoms in total. The highest BCUT2D eigenvalue weighted by molar-refractivity contribution is 9.11. The van der Waals surface area contributed by atoms with Crippen LogP contribution in [0, 0.1) is 11.6 Å². The van der Waals surface area contributed by atoms with Gasteiger partial charge in [-0.2, -0.15) is 0 Å². The molecule has 0 spiro atoms. The third kappa shape index (κ3) is 2.85. The largest absolute Gasteiger partial charge is 0.207 e. The first kappa shape index (κ1) is 13.0. The molecule has 0 amide bonds. The van der Waals surface area contributed by atoms with Gasteiger partial charge in [-0.1, -0.05) is 40.2 Å². The van der Waals surface area contributed by atoms with Crippen LogP contribution in [-0.2, 0) is 0 Å². The van der Waals surface area contributed by atoms with E-state index in [1.54, 1.807) is 24.3 Å². The maximum Gasteiger partial charge on any atom is 0.123 e. The molecule has 0 radical (unpaired) electrons. The summed E-state index contributed by atoms with van der Waals surface area (Å²) < 4.78 is 26.8. The lowest BCUT2D eigenvalue weighted by molar-refractivity contribution is 0.627. The molecule has 0 N–H and O–H groups in total. The molecule has 0 aliphatic heterocycles. The molecule has 0 saturated carbocycles. The lowest BCUT2D eigenvalue weighted by Gasteiger charge is -2.10. The fraction of sp³-hybridized carbons (Fsp3) is 0.0667. The quantitative estimate of drug-likeness (QED) is 0.720. The summed E-state index contributed by atoms with van der Waals surface area (Å²) in [5.74, 6) is -0.547. The molecule has 0 atom stereocenters. The predicted octanol–water partition coefficient (Wildman–Crippen LogP) is 5.14. The van der Waals surface area contributed by atoms with Gasteiger partial charge in [0.1, 0.15) is 11.6 Å². The molecule has 0 bridgehead atoms. The average Bonchev–Trinajstić information content (AvgIpc) is 2.34. The summed E-state index contributed by atoms with van der Waals surface area (Å²) in [6.45, 7) is 1.90. The standard InChI is InChI=1S/C15H11BrF2/c1-10(16)15(11-2-6-13(17)7-3-11)12-4-8-14(18)9-5-12/h2-9H,1H3. The van der Waals surface area contributed by atoms with Gasteiger partial charge in [0.05, 0.1) is 0 Å². The molecule has 0 saturated heterocycles. The SMILES string of the molecule is CC(Br)=C(c1ccc(F)cc1)c1ccc(F)cc1. The van der Waals surface area contributed by atoms with E-state index in [-0.39, 0.29) is 11.6 Å². The summed E-state index contributed by atoms with van der Waals surface area (Å²) in [7, 11) is 0. The highest BCUT2D eigenvalue weighted by atomic mass is 79.9.